The summed E-state index contributed by atoms with van der Waals surface area (Å²) in [5.41, 5.74) is 4.17. The number of aryl methyl sites for hydroxylation is 1. The van der Waals surface area contributed by atoms with Gasteiger partial charge in [-0.3, -0.25) is 0 Å². The molecule has 0 aliphatic heterocycles. The van der Waals surface area contributed by atoms with Crippen molar-refractivity contribution >= 4 is 31.5 Å². The van der Waals surface area contributed by atoms with E-state index in [0.29, 0.717) is 5.33 Å². The van der Waals surface area contributed by atoms with Crippen LogP contribution in [0.4, 0.5) is 0 Å². The van der Waals surface area contributed by atoms with Gasteiger partial charge in [-0.25, -0.2) is 0 Å². The molecule has 0 atom stereocenters. The zero-order valence-electron chi connectivity index (χ0n) is 16.0. The van der Waals surface area contributed by atoms with E-state index in [4.69, 9.17) is 0 Å². The topological polar surface area (TPSA) is 58.5 Å². The summed E-state index contributed by atoms with van der Waals surface area (Å²) in [7, 11) is -7.07. The molecule has 0 bridgehead atoms. The van der Waals surface area contributed by atoms with Crippen LogP contribution in [0.5, 0.6) is 0 Å². The van der Waals surface area contributed by atoms with E-state index in [1.165, 1.54) is 0 Å². The van der Waals surface area contributed by atoms with Gasteiger partial charge in [0.25, 0.3) is 10.0 Å². The van der Waals surface area contributed by atoms with Crippen LogP contribution in [0, 0.1) is 30.2 Å². The number of hydrogen-bond acceptors (Lipinski definition) is 3. The van der Waals surface area contributed by atoms with Gasteiger partial charge in [-0.2, -0.15) is 18.4 Å². The van der Waals surface area contributed by atoms with Gasteiger partial charge in [-0.05, 0) is 36.8 Å². The van der Waals surface area contributed by atoms with Crippen molar-refractivity contribution in [2.45, 2.75) is 51.1 Å². The minimum absolute atomic E-state index is 0.184. The van der Waals surface area contributed by atoms with Gasteiger partial charge >= 0.3 is 0 Å². The Bertz CT molecular complexity index is 868. The van der Waals surface area contributed by atoms with Gasteiger partial charge in [0.2, 0.25) is 0 Å². The summed E-state index contributed by atoms with van der Waals surface area (Å²) in [4.78, 5) is 2.50. The summed E-state index contributed by atoms with van der Waals surface area (Å²) in [6.45, 7) is 14.5. The molecule has 0 heterocycles. The molecule has 0 radical (unpaired) electrons. The highest BCUT2D eigenvalue weighted by Crippen LogP contribution is 2.10. The minimum atomic E-state index is -3.70. The van der Waals surface area contributed by atoms with Crippen molar-refractivity contribution in [3.63, 3.8) is 0 Å². The maximum atomic E-state index is 12.4. The van der Waals surface area contributed by atoms with Crippen LogP contribution in [0.2, 0.25) is 39.3 Å². The van der Waals surface area contributed by atoms with Crippen molar-refractivity contribution in [2.75, 3.05) is 0 Å². The normalized spacial score (nSPS) is 12.5. The van der Waals surface area contributed by atoms with Crippen LogP contribution in [0.3, 0.4) is 0 Å². The Morgan fingerprint density at radius 1 is 1.00 bits per heavy atom. The van der Waals surface area contributed by atoms with Gasteiger partial charge in [0.05, 0.1) is 10.2 Å². The van der Waals surface area contributed by atoms with Gasteiger partial charge in [-0.15, -0.1) is 5.54 Å². The Kier molecular flexibility index (Phi) is 6.84. The molecule has 0 amide bonds. The molecule has 0 aliphatic rings. The van der Waals surface area contributed by atoms with Crippen molar-refractivity contribution in [3.05, 3.63) is 29.8 Å². The fourth-order valence-electron chi connectivity index (χ4n) is 1.57. The minimum Gasteiger partial charge on any atom is -0.200 e. The second-order valence-corrected chi connectivity index (χ2v) is 19.3. The molecule has 0 fully saturated rings. The van der Waals surface area contributed by atoms with Crippen molar-refractivity contribution in [1.82, 2.24) is 4.83 Å². The lowest BCUT2D eigenvalue weighted by atomic mass is 10.2. The molecular weight excluding hydrogens is 364 g/mol. The van der Waals surface area contributed by atoms with Crippen LogP contribution in [0.1, 0.15) is 5.56 Å². The van der Waals surface area contributed by atoms with Crippen molar-refractivity contribution in [1.29, 1.82) is 0 Å². The number of benzene rings is 1. The number of sulfonamides is 1. The van der Waals surface area contributed by atoms with Crippen LogP contribution >= 0.6 is 0 Å². The first-order valence-electron chi connectivity index (χ1n) is 8.01. The van der Waals surface area contributed by atoms with Crippen LogP contribution in [0.15, 0.2) is 34.3 Å². The molecule has 0 saturated carbocycles. The number of rotatable bonds is 4. The third-order valence-corrected chi connectivity index (χ3v) is 6.76. The quantitative estimate of drug-likeness (QED) is 0.371. The van der Waals surface area contributed by atoms with Crippen LogP contribution in [0.25, 0.3) is 0 Å². The summed E-state index contributed by atoms with van der Waals surface area (Å²) in [6, 6.07) is 6.63. The van der Waals surface area contributed by atoms with E-state index in [2.05, 4.69) is 72.5 Å². The molecule has 4 nitrogen and oxygen atoms in total. The highest BCUT2D eigenvalue weighted by atomic mass is 32.2. The maximum absolute atomic E-state index is 12.4. The second-order valence-electron chi connectivity index (χ2n) is 7.87. The average Bonchev–Trinajstić information content (AvgIpc) is 2.44. The van der Waals surface area contributed by atoms with E-state index in [1.54, 1.807) is 24.3 Å². The van der Waals surface area contributed by atoms with Gasteiger partial charge in [0.15, 0.2) is 0 Å². The van der Waals surface area contributed by atoms with Crippen LogP contribution in [-0.2, 0) is 10.0 Å². The molecule has 0 aliphatic carbocycles. The van der Waals surface area contributed by atoms with Gasteiger partial charge in [0.1, 0.15) is 16.1 Å². The van der Waals surface area contributed by atoms with Crippen molar-refractivity contribution < 1.29 is 8.42 Å². The fourth-order valence-corrected chi connectivity index (χ4v) is 3.73. The summed E-state index contributed by atoms with van der Waals surface area (Å²) < 4.78 is 24.7. The molecule has 7 heteroatoms. The van der Waals surface area contributed by atoms with Crippen LogP contribution < -0.4 is 4.83 Å². The highest BCUT2D eigenvalue weighted by Gasteiger charge is 2.22. The van der Waals surface area contributed by atoms with Gasteiger partial charge in [0, 0.05) is 0 Å². The number of nitrogens with one attached hydrogen (secondary N) is 1. The fraction of sp³-hybridized carbons (Fsp3) is 0.389. The van der Waals surface area contributed by atoms with Gasteiger partial charge < -0.3 is 0 Å². The summed E-state index contributed by atoms with van der Waals surface area (Å²) in [5, 5.41) is 4.69. The Hall–Kier alpha value is -1.81. The zero-order chi connectivity index (χ0) is 19.3. The predicted octanol–water partition coefficient (Wildman–Crippen LogP) is 3.39. The summed E-state index contributed by atoms with van der Waals surface area (Å²) >= 11 is 0. The van der Waals surface area contributed by atoms with Crippen LogP contribution in [-0.4, -0.2) is 29.9 Å². The molecule has 1 rings (SSSR count). The van der Waals surface area contributed by atoms with E-state index in [9.17, 15) is 8.42 Å². The Morgan fingerprint density at radius 3 is 2.04 bits per heavy atom. The Balaban J connectivity index is 3.10. The zero-order valence-corrected chi connectivity index (χ0v) is 18.8. The van der Waals surface area contributed by atoms with Gasteiger partial charge in [-0.1, -0.05) is 57.0 Å². The smallest absolute Gasteiger partial charge is 0.200 e. The molecule has 25 heavy (non-hydrogen) atoms. The monoisotopic (exact) mass is 390 g/mol. The lowest BCUT2D eigenvalue weighted by Crippen LogP contribution is -2.35. The number of hydrogen-bond donors (Lipinski definition) is 1. The highest BCUT2D eigenvalue weighted by molar-refractivity contribution is 7.89. The first kappa shape index (κ1) is 21.2. The average molecular weight is 391 g/mol. The molecule has 0 spiro atoms. The Morgan fingerprint density at radius 2 is 1.56 bits per heavy atom. The molecule has 1 aromatic rings. The van der Waals surface area contributed by atoms with Crippen molar-refractivity contribution in [2.24, 2.45) is 5.10 Å². The third-order valence-electron chi connectivity index (χ3n) is 3.00. The number of hydrazone groups is 1. The molecule has 0 aromatic heterocycles. The molecule has 0 unspecified atom stereocenters. The SMILES string of the molecule is Cc1ccc(S(=O)(=O)N/N=C(/C#CC#C[Si](C)(C)C)[Si](C)(C)C)cc1. The third kappa shape index (κ3) is 7.74. The molecule has 1 aromatic carbocycles. The summed E-state index contributed by atoms with van der Waals surface area (Å²) in [5.74, 6) is 8.65. The standard InChI is InChI=1S/C18H26N2O2SSi2/c1-16-11-13-17(14-12-16)23(21,22)20-19-18(25(5,6)7)10-8-9-15-24(2,3)4/h11-14,20H,1-7H3/b19-18-. The summed E-state index contributed by atoms with van der Waals surface area (Å²) in [6.07, 6.45) is 0. The molecule has 0 saturated heterocycles. The Labute approximate surface area is 154 Å². The first-order chi connectivity index (χ1) is 11.3. The molecule has 134 valence electrons. The maximum Gasteiger partial charge on any atom is 0.276 e. The lowest BCUT2D eigenvalue weighted by Gasteiger charge is -2.14. The van der Waals surface area contributed by atoms with E-state index < -0.39 is 26.2 Å². The van der Waals surface area contributed by atoms with E-state index in [0.717, 1.165) is 5.56 Å². The van der Waals surface area contributed by atoms with E-state index in [1.807, 2.05) is 6.92 Å². The number of nitrogens with zero attached hydrogens (tertiary/aromatic N) is 1. The lowest BCUT2D eigenvalue weighted by molar-refractivity contribution is 0.584. The van der Waals surface area contributed by atoms with E-state index in [-0.39, 0.29) is 4.90 Å². The predicted molar refractivity (Wildman–Crippen MR) is 111 cm³/mol. The van der Waals surface area contributed by atoms with E-state index >= 15 is 0 Å². The second kappa shape index (κ2) is 8.05. The molecular formula is C18H26N2O2SSi2. The molecule has 1 N–H and O–H groups in total. The first-order valence-corrected chi connectivity index (χ1v) is 16.5. The van der Waals surface area contributed by atoms with Crippen molar-refractivity contribution in [3.8, 4) is 23.3 Å². The largest absolute Gasteiger partial charge is 0.276 e.